The van der Waals surface area contributed by atoms with E-state index >= 15 is 0 Å². The van der Waals surface area contributed by atoms with E-state index in [1.165, 1.54) is 10.7 Å². The molecule has 4 nitrogen and oxygen atoms in total. The van der Waals surface area contributed by atoms with Gasteiger partial charge in [0.2, 0.25) is 10.0 Å². The normalized spacial score (nSPS) is 18.4. The molecule has 6 heteroatoms. The first kappa shape index (κ1) is 15.1. The smallest absolute Gasteiger partial charge is 0.205 e. The molecule has 2 aromatic carbocycles. The lowest BCUT2D eigenvalue weighted by atomic mass is 9.99. The second-order valence-corrected chi connectivity index (χ2v) is 7.50. The Morgan fingerprint density at radius 3 is 2.32 bits per heavy atom. The van der Waals surface area contributed by atoms with E-state index in [0.29, 0.717) is 11.4 Å². The number of rotatable bonds is 3. The second kappa shape index (κ2) is 5.74. The minimum Gasteiger partial charge on any atom is -0.205 e. The van der Waals surface area contributed by atoms with Crippen molar-refractivity contribution in [2.45, 2.75) is 12.5 Å². The first-order valence-electron chi connectivity index (χ1n) is 6.83. The Morgan fingerprint density at radius 2 is 1.73 bits per heavy atom. The summed E-state index contributed by atoms with van der Waals surface area (Å²) in [7, 11) is -3.44. The van der Waals surface area contributed by atoms with E-state index in [4.69, 9.17) is 11.6 Å². The highest BCUT2D eigenvalue weighted by Gasteiger charge is 2.34. The predicted molar refractivity (Wildman–Crippen MR) is 88.5 cm³/mol. The molecular weight excluding hydrogens is 320 g/mol. The van der Waals surface area contributed by atoms with Crippen molar-refractivity contribution in [1.82, 2.24) is 4.41 Å². The lowest BCUT2D eigenvalue weighted by Crippen LogP contribution is -2.25. The molecule has 0 aliphatic carbocycles. The zero-order valence-electron chi connectivity index (χ0n) is 12.0. The van der Waals surface area contributed by atoms with E-state index in [0.717, 1.165) is 16.8 Å². The number of hydrogen-bond acceptors (Lipinski definition) is 3. The van der Waals surface area contributed by atoms with Crippen LogP contribution >= 0.6 is 11.6 Å². The van der Waals surface area contributed by atoms with Crippen LogP contribution in [0.25, 0.3) is 0 Å². The van der Waals surface area contributed by atoms with Crippen LogP contribution in [0, 0.1) is 0 Å². The van der Waals surface area contributed by atoms with Crippen LogP contribution in [0.1, 0.15) is 23.6 Å². The molecular formula is C16H15ClN2O2S. The summed E-state index contributed by atoms with van der Waals surface area (Å²) in [5, 5.41) is 4.96. The maximum atomic E-state index is 12.1. The van der Waals surface area contributed by atoms with Crippen LogP contribution in [0.4, 0.5) is 0 Å². The van der Waals surface area contributed by atoms with Crippen LogP contribution in [-0.2, 0) is 10.0 Å². The molecule has 0 radical (unpaired) electrons. The highest BCUT2D eigenvalue weighted by Crippen LogP contribution is 2.34. The van der Waals surface area contributed by atoms with E-state index < -0.39 is 10.0 Å². The molecule has 1 aliphatic heterocycles. The number of hydrogen-bond donors (Lipinski definition) is 0. The molecule has 0 amide bonds. The summed E-state index contributed by atoms with van der Waals surface area (Å²) in [6.07, 6.45) is 1.71. The number of benzene rings is 2. The zero-order valence-corrected chi connectivity index (χ0v) is 13.6. The van der Waals surface area contributed by atoms with Crippen molar-refractivity contribution in [1.29, 1.82) is 0 Å². The fourth-order valence-corrected chi connectivity index (χ4v) is 3.56. The fraction of sp³-hybridized carbons (Fsp3) is 0.188. The summed E-state index contributed by atoms with van der Waals surface area (Å²) in [5.74, 6) is 0. The minimum absolute atomic E-state index is 0.331. The van der Waals surface area contributed by atoms with Crippen LogP contribution < -0.4 is 0 Å². The van der Waals surface area contributed by atoms with Crippen molar-refractivity contribution in [2.24, 2.45) is 5.10 Å². The van der Waals surface area contributed by atoms with Gasteiger partial charge in [-0.3, -0.25) is 0 Å². The van der Waals surface area contributed by atoms with Crippen molar-refractivity contribution in [3.8, 4) is 0 Å². The maximum Gasteiger partial charge on any atom is 0.247 e. The third-order valence-electron chi connectivity index (χ3n) is 3.57. The van der Waals surface area contributed by atoms with Gasteiger partial charge in [0.1, 0.15) is 0 Å². The van der Waals surface area contributed by atoms with Gasteiger partial charge in [-0.1, -0.05) is 54.1 Å². The lowest BCUT2D eigenvalue weighted by molar-refractivity contribution is 0.375. The van der Waals surface area contributed by atoms with Crippen LogP contribution in [0.15, 0.2) is 59.7 Å². The molecule has 0 aromatic heterocycles. The second-order valence-electron chi connectivity index (χ2n) is 5.22. The standard InChI is InChI=1S/C16H15ClN2O2S/c1-22(20,21)19-16(13-7-9-14(17)10-8-13)11-15(18-19)12-5-3-2-4-6-12/h2-10,16H,11H2,1H3/t16-/m0/s1. The van der Waals surface area contributed by atoms with Crippen LogP contribution in [0.2, 0.25) is 5.02 Å². The van der Waals surface area contributed by atoms with E-state index in [1.807, 2.05) is 42.5 Å². The van der Waals surface area contributed by atoms with Crippen molar-refractivity contribution in [3.05, 3.63) is 70.7 Å². The van der Waals surface area contributed by atoms with Crippen LogP contribution in [0.3, 0.4) is 0 Å². The molecule has 0 N–H and O–H groups in total. The van der Waals surface area contributed by atoms with Gasteiger partial charge in [-0.05, 0) is 23.3 Å². The number of sulfonamides is 1. The maximum absolute atomic E-state index is 12.1. The average molecular weight is 335 g/mol. The summed E-state index contributed by atoms with van der Waals surface area (Å²) in [6.45, 7) is 0. The van der Waals surface area contributed by atoms with Gasteiger partial charge in [-0.25, -0.2) is 8.42 Å². The summed E-state index contributed by atoms with van der Waals surface area (Å²) in [5.41, 5.74) is 2.59. The predicted octanol–water partition coefficient (Wildman–Crippen LogP) is 3.45. The minimum atomic E-state index is -3.44. The number of hydrazone groups is 1. The topological polar surface area (TPSA) is 49.7 Å². The van der Waals surface area contributed by atoms with Gasteiger partial charge in [-0.2, -0.15) is 9.52 Å². The fourth-order valence-electron chi connectivity index (χ4n) is 2.53. The third kappa shape index (κ3) is 3.00. The molecule has 2 aromatic rings. The van der Waals surface area contributed by atoms with E-state index in [2.05, 4.69) is 5.10 Å². The Balaban J connectivity index is 2.00. The molecule has 0 fully saturated rings. The summed E-state index contributed by atoms with van der Waals surface area (Å²) >= 11 is 5.91. The summed E-state index contributed by atoms with van der Waals surface area (Å²) < 4.78 is 25.3. The van der Waals surface area contributed by atoms with Gasteiger partial charge in [-0.15, -0.1) is 0 Å². The Labute approximate surface area is 135 Å². The molecule has 3 rings (SSSR count). The number of halogens is 1. The molecule has 1 heterocycles. The Hall–Kier alpha value is -1.85. The third-order valence-corrected chi connectivity index (χ3v) is 4.84. The Bertz CT molecular complexity index is 802. The van der Waals surface area contributed by atoms with Crippen molar-refractivity contribution in [3.63, 3.8) is 0 Å². The molecule has 0 saturated carbocycles. The molecule has 0 bridgehead atoms. The van der Waals surface area contributed by atoms with Crippen molar-refractivity contribution >= 4 is 27.3 Å². The van der Waals surface area contributed by atoms with Crippen LogP contribution in [0.5, 0.6) is 0 Å². The SMILES string of the molecule is CS(=O)(=O)N1N=C(c2ccccc2)C[C@H]1c1ccc(Cl)cc1. The van der Waals surface area contributed by atoms with Gasteiger partial charge >= 0.3 is 0 Å². The highest BCUT2D eigenvalue weighted by atomic mass is 35.5. The van der Waals surface area contributed by atoms with E-state index in [1.54, 1.807) is 12.1 Å². The van der Waals surface area contributed by atoms with Gasteiger partial charge < -0.3 is 0 Å². The van der Waals surface area contributed by atoms with Gasteiger partial charge in [0.15, 0.2) is 0 Å². The zero-order chi connectivity index (χ0) is 15.7. The molecule has 0 spiro atoms. The molecule has 0 unspecified atom stereocenters. The highest BCUT2D eigenvalue weighted by molar-refractivity contribution is 7.88. The largest absolute Gasteiger partial charge is 0.247 e. The molecule has 114 valence electrons. The Kier molecular flexibility index (Phi) is 3.93. The monoisotopic (exact) mass is 334 g/mol. The van der Waals surface area contributed by atoms with E-state index in [9.17, 15) is 8.42 Å². The molecule has 0 saturated heterocycles. The molecule has 1 atom stereocenters. The quantitative estimate of drug-likeness (QED) is 0.863. The van der Waals surface area contributed by atoms with Gasteiger partial charge in [0, 0.05) is 11.4 Å². The number of nitrogens with zero attached hydrogens (tertiary/aromatic N) is 2. The van der Waals surface area contributed by atoms with E-state index in [-0.39, 0.29) is 6.04 Å². The van der Waals surface area contributed by atoms with Gasteiger partial charge in [0.25, 0.3) is 0 Å². The van der Waals surface area contributed by atoms with Crippen molar-refractivity contribution < 1.29 is 8.42 Å². The van der Waals surface area contributed by atoms with Crippen molar-refractivity contribution in [2.75, 3.05) is 6.26 Å². The Morgan fingerprint density at radius 1 is 1.09 bits per heavy atom. The van der Waals surface area contributed by atoms with Gasteiger partial charge in [0.05, 0.1) is 18.0 Å². The first-order valence-corrected chi connectivity index (χ1v) is 9.05. The molecule has 22 heavy (non-hydrogen) atoms. The summed E-state index contributed by atoms with van der Waals surface area (Å²) in [6, 6.07) is 16.5. The summed E-state index contributed by atoms with van der Waals surface area (Å²) in [4.78, 5) is 0. The molecule has 1 aliphatic rings. The van der Waals surface area contributed by atoms with Crippen LogP contribution in [-0.4, -0.2) is 24.8 Å². The average Bonchev–Trinajstić information content (AvgIpc) is 2.94. The lowest BCUT2D eigenvalue weighted by Gasteiger charge is -2.21. The first-order chi connectivity index (χ1) is 10.4.